The lowest BCUT2D eigenvalue weighted by molar-refractivity contribution is -0.0659. The normalized spacial score (nSPS) is 41.8. The van der Waals surface area contributed by atoms with Gasteiger partial charge in [-0.25, -0.2) is 0 Å². The molecule has 1 unspecified atom stereocenters. The minimum Gasteiger partial charge on any atom is -0.375 e. The molecule has 1 aliphatic heterocycles. The molecule has 1 N–H and O–H groups in total. The summed E-state index contributed by atoms with van der Waals surface area (Å²) < 4.78 is 5.71. The van der Waals surface area contributed by atoms with Crippen LogP contribution in [0.1, 0.15) is 46.5 Å². The summed E-state index contributed by atoms with van der Waals surface area (Å²) in [6, 6.07) is 1.49. The van der Waals surface area contributed by atoms with Gasteiger partial charge in [-0.1, -0.05) is 6.92 Å². The molecule has 2 rings (SSSR count). The van der Waals surface area contributed by atoms with Crippen molar-refractivity contribution in [2.24, 2.45) is 5.92 Å². The van der Waals surface area contributed by atoms with Crippen LogP contribution in [0.4, 0.5) is 0 Å². The molecule has 2 heteroatoms. The highest BCUT2D eigenvalue weighted by Crippen LogP contribution is 2.30. The van der Waals surface area contributed by atoms with Gasteiger partial charge in [-0.05, 0) is 45.4 Å². The molecule has 2 nitrogen and oxygen atoms in total. The monoisotopic (exact) mass is 197 g/mol. The maximum atomic E-state index is 5.71. The quantitative estimate of drug-likeness (QED) is 0.733. The summed E-state index contributed by atoms with van der Waals surface area (Å²) in [4.78, 5) is 0. The SMILES string of the molecule is CC1CC(NC2CCOC(C)(C)C2)C1. The Morgan fingerprint density at radius 3 is 2.50 bits per heavy atom. The number of nitrogens with one attached hydrogen (secondary N) is 1. The Hall–Kier alpha value is -0.0800. The third kappa shape index (κ3) is 2.48. The van der Waals surface area contributed by atoms with E-state index in [9.17, 15) is 0 Å². The van der Waals surface area contributed by atoms with Gasteiger partial charge in [0.1, 0.15) is 0 Å². The topological polar surface area (TPSA) is 21.3 Å². The molecular weight excluding hydrogens is 174 g/mol. The summed E-state index contributed by atoms with van der Waals surface area (Å²) in [5.74, 6) is 0.945. The van der Waals surface area contributed by atoms with Crippen LogP contribution in [-0.4, -0.2) is 24.3 Å². The van der Waals surface area contributed by atoms with Gasteiger partial charge in [0.25, 0.3) is 0 Å². The molecule has 0 aromatic carbocycles. The molecule has 0 spiro atoms. The van der Waals surface area contributed by atoms with E-state index < -0.39 is 0 Å². The van der Waals surface area contributed by atoms with E-state index in [1.54, 1.807) is 0 Å². The fourth-order valence-electron chi connectivity index (χ4n) is 2.75. The maximum absolute atomic E-state index is 5.71. The average molecular weight is 197 g/mol. The molecule has 0 radical (unpaired) electrons. The van der Waals surface area contributed by atoms with Crippen LogP contribution in [0, 0.1) is 5.92 Å². The Bertz CT molecular complexity index is 196. The summed E-state index contributed by atoms with van der Waals surface area (Å²) in [5, 5.41) is 3.76. The smallest absolute Gasteiger partial charge is 0.0641 e. The van der Waals surface area contributed by atoms with Gasteiger partial charge >= 0.3 is 0 Å². The van der Waals surface area contributed by atoms with Crippen LogP contribution in [0.25, 0.3) is 0 Å². The van der Waals surface area contributed by atoms with Gasteiger partial charge in [-0.3, -0.25) is 0 Å². The molecule has 0 bridgehead atoms. The average Bonchev–Trinajstić information content (AvgIpc) is 1.99. The zero-order chi connectivity index (χ0) is 10.2. The number of hydrogen-bond acceptors (Lipinski definition) is 2. The molecule has 1 heterocycles. The van der Waals surface area contributed by atoms with Crippen molar-refractivity contribution in [2.45, 2.75) is 64.1 Å². The fourth-order valence-corrected chi connectivity index (χ4v) is 2.75. The van der Waals surface area contributed by atoms with Gasteiger partial charge in [-0.15, -0.1) is 0 Å². The van der Waals surface area contributed by atoms with Gasteiger partial charge in [-0.2, -0.15) is 0 Å². The van der Waals surface area contributed by atoms with Gasteiger partial charge in [0.15, 0.2) is 0 Å². The molecular formula is C12H23NO. The Morgan fingerprint density at radius 1 is 1.21 bits per heavy atom. The minimum absolute atomic E-state index is 0.0886. The van der Waals surface area contributed by atoms with Crippen LogP contribution in [0.5, 0.6) is 0 Å². The highest BCUT2D eigenvalue weighted by molar-refractivity contribution is 4.89. The second kappa shape index (κ2) is 3.82. The zero-order valence-corrected chi connectivity index (χ0v) is 9.68. The van der Waals surface area contributed by atoms with E-state index in [-0.39, 0.29) is 5.60 Å². The number of hydrogen-bond donors (Lipinski definition) is 1. The molecule has 0 aromatic rings. The summed E-state index contributed by atoms with van der Waals surface area (Å²) in [6.45, 7) is 7.66. The van der Waals surface area contributed by atoms with Crippen LogP contribution >= 0.6 is 0 Å². The van der Waals surface area contributed by atoms with Crippen LogP contribution in [0.3, 0.4) is 0 Å². The van der Waals surface area contributed by atoms with Crippen molar-refractivity contribution in [2.75, 3.05) is 6.61 Å². The molecule has 0 aromatic heterocycles. The molecule has 82 valence electrons. The molecule has 14 heavy (non-hydrogen) atoms. The van der Waals surface area contributed by atoms with Crippen molar-refractivity contribution >= 4 is 0 Å². The van der Waals surface area contributed by atoms with Crippen LogP contribution in [0.2, 0.25) is 0 Å². The van der Waals surface area contributed by atoms with Gasteiger partial charge in [0.05, 0.1) is 5.60 Å². The Kier molecular flexibility index (Phi) is 2.85. The van der Waals surface area contributed by atoms with Crippen molar-refractivity contribution in [3.63, 3.8) is 0 Å². The van der Waals surface area contributed by atoms with E-state index >= 15 is 0 Å². The van der Waals surface area contributed by atoms with Crippen molar-refractivity contribution in [3.05, 3.63) is 0 Å². The summed E-state index contributed by atoms with van der Waals surface area (Å²) in [6.07, 6.45) is 5.10. The summed E-state index contributed by atoms with van der Waals surface area (Å²) in [7, 11) is 0. The first kappa shape index (κ1) is 10.4. The third-order valence-electron chi connectivity index (χ3n) is 3.54. The maximum Gasteiger partial charge on any atom is 0.0641 e. The second-order valence-electron chi connectivity index (χ2n) is 5.74. The van der Waals surface area contributed by atoms with Gasteiger partial charge in [0, 0.05) is 18.7 Å². The molecule has 2 aliphatic rings. The van der Waals surface area contributed by atoms with Crippen LogP contribution in [0.15, 0.2) is 0 Å². The van der Waals surface area contributed by atoms with Crippen molar-refractivity contribution in [1.29, 1.82) is 0 Å². The molecule has 1 saturated heterocycles. The van der Waals surface area contributed by atoms with Gasteiger partial charge in [0.2, 0.25) is 0 Å². The lowest BCUT2D eigenvalue weighted by Gasteiger charge is -2.41. The van der Waals surface area contributed by atoms with Crippen molar-refractivity contribution in [3.8, 4) is 0 Å². The summed E-state index contributed by atoms with van der Waals surface area (Å²) >= 11 is 0. The first-order valence-corrected chi connectivity index (χ1v) is 5.95. The lowest BCUT2D eigenvalue weighted by Crippen LogP contribution is -2.50. The summed E-state index contributed by atoms with van der Waals surface area (Å²) in [5.41, 5.74) is 0.0886. The predicted octanol–water partition coefficient (Wildman–Crippen LogP) is 2.33. The van der Waals surface area contributed by atoms with Crippen molar-refractivity contribution < 1.29 is 4.74 Å². The standard InChI is InChI=1S/C12H23NO/c1-9-6-11(7-9)13-10-4-5-14-12(2,3)8-10/h9-11,13H,4-8H2,1-3H3. The minimum atomic E-state index is 0.0886. The lowest BCUT2D eigenvalue weighted by atomic mass is 9.80. The van der Waals surface area contributed by atoms with E-state index in [1.165, 1.54) is 19.3 Å². The van der Waals surface area contributed by atoms with E-state index in [2.05, 4.69) is 26.1 Å². The molecule has 0 amide bonds. The molecule has 1 aliphatic carbocycles. The van der Waals surface area contributed by atoms with E-state index in [0.717, 1.165) is 25.0 Å². The Labute approximate surface area is 87.4 Å². The van der Waals surface area contributed by atoms with E-state index in [4.69, 9.17) is 4.74 Å². The largest absolute Gasteiger partial charge is 0.375 e. The molecule has 2 fully saturated rings. The number of rotatable bonds is 2. The first-order chi connectivity index (χ1) is 6.55. The zero-order valence-electron chi connectivity index (χ0n) is 9.68. The fraction of sp³-hybridized carbons (Fsp3) is 1.00. The third-order valence-corrected chi connectivity index (χ3v) is 3.54. The van der Waals surface area contributed by atoms with Crippen molar-refractivity contribution in [1.82, 2.24) is 5.32 Å². The highest BCUT2D eigenvalue weighted by Gasteiger charge is 2.32. The first-order valence-electron chi connectivity index (χ1n) is 5.95. The van der Waals surface area contributed by atoms with Crippen LogP contribution < -0.4 is 5.32 Å². The highest BCUT2D eigenvalue weighted by atomic mass is 16.5. The van der Waals surface area contributed by atoms with Crippen LogP contribution in [-0.2, 0) is 4.74 Å². The second-order valence-corrected chi connectivity index (χ2v) is 5.74. The number of ether oxygens (including phenoxy) is 1. The van der Waals surface area contributed by atoms with Gasteiger partial charge < -0.3 is 10.1 Å². The van der Waals surface area contributed by atoms with E-state index in [1.807, 2.05) is 0 Å². The van der Waals surface area contributed by atoms with E-state index in [0.29, 0.717) is 6.04 Å². The Balaban J connectivity index is 1.75. The molecule has 1 saturated carbocycles. The predicted molar refractivity (Wildman–Crippen MR) is 58.4 cm³/mol. The Morgan fingerprint density at radius 2 is 1.93 bits per heavy atom. The molecule has 1 atom stereocenters.